The molecule has 1 aromatic carbocycles. The number of carbonyl (C=O) groups is 1. The molecule has 1 rings (SSSR count). The predicted octanol–water partition coefficient (Wildman–Crippen LogP) is 2.80. The lowest BCUT2D eigenvalue weighted by Gasteiger charge is -1.96. The summed E-state index contributed by atoms with van der Waals surface area (Å²) in [5.41, 5.74) is 1.40. The third-order valence-corrected chi connectivity index (χ3v) is 1.73. The van der Waals surface area contributed by atoms with Gasteiger partial charge in [0.05, 0.1) is 5.02 Å². The van der Waals surface area contributed by atoms with Gasteiger partial charge in [-0.05, 0) is 17.7 Å². The molecule has 0 aromatic heterocycles. The Labute approximate surface area is 70.3 Å². The predicted molar refractivity (Wildman–Crippen MR) is 46.9 cm³/mol. The highest BCUT2D eigenvalue weighted by Crippen LogP contribution is 2.15. The van der Waals surface area contributed by atoms with Gasteiger partial charge in [-0.1, -0.05) is 30.3 Å². The SMILES string of the molecule is C=Cc1ccc(Cl)c(C=O)c1. The molecule has 0 fully saturated rings. The van der Waals surface area contributed by atoms with Crippen LogP contribution in [-0.4, -0.2) is 6.29 Å². The van der Waals surface area contributed by atoms with Gasteiger partial charge < -0.3 is 0 Å². The maximum atomic E-state index is 10.4. The van der Waals surface area contributed by atoms with Crippen molar-refractivity contribution in [1.29, 1.82) is 0 Å². The standard InChI is InChI=1S/C9H7ClO/c1-2-7-3-4-9(10)8(5-7)6-11/h2-6H,1H2. The molecule has 1 aromatic rings. The molecule has 0 heterocycles. The first kappa shape index (κ1) is 8.02. The highest BCUT2D eigenvalue weighted by atomic mass is 35.5. The molecule has 0 saturated carbocycles. The lowest BCUT2D eigenvalue weighted by atomic mass is 10.1. The molecule has 0 aliphatic heterocycles. The smallest absolute Gasteiger partial charge is 0.151 e. The minimum atomic E-state index is 0.477. The van der Waals surface area contributed by atoms with Gasteiger partial charge in [-0.25, -0.2) is 0 Å². The van der Waals surface area contributed by atoms with Crippen LogP contribution in [0.2, 0.25) is 5.02 Å². The van der Waals surface area contributed by atoms with Gasteiger partial charge in [0.1, 0.15) is 0 Å². The van der Waals surface area contributed by atoms with Crippen LogP contribution in [-0.2, 0) is 0 Å². The first-order valence-corrected chi connectivity index (χ1v) is 3.53. The minimum Gasteiger partial charge on any atom is -0.298 e. The molecule has 56 valence electrons. The van der Waals surface area contributed by atoms with Crippen molar-refractivity contribution in [2.75, 3.05) is 0 Å². The Morgan fingerprint density at radius 2 is 2.18 bits per heavy atom. The van der Waals surface area contributed by atoms with Crippen LogP contribution < -0.4 is 0 Å². The Kier molecular flexibility index (Phi) is 2.44. The summed E-state index contributed by atoms with van der Waals surface area (Å²) < 4.78 is 0. The molecule has 11 heavy (non-hydrogen) atoms. The molecule has 0 N–H and O–H groups in total. The largest absolute Gasteiger partial charge is 0.298 e. The molecule has 0 aliphatic rings. The number of aldehydes is 1. The Bertz CT molecular complexity index is 292. The van der Waals surface area contributed by atoms with Crippen molar-refractivity contribution < 1.29 is 4.79 Å². The lowest BCUT2D eigenvalue weighted by molar-refractivity contribution is 0.112. The van der Waals surface area contributed by atoms with Crippen molar-refractivity contribution in [3.05, 3.63) is 40.9 Å². The van der Waals surface area contributed by atoms with Gasteiger partial charge in [0.2, 0.25) is 0 Å². The highest BCUT2D eigenvalue weighted by molar-refractivity contribution is 6.33. The number of halogens is 1. The first-order valence-electron chi connectivity index (χ1n) is 3.15. The van der Waals surface area contributed by atoms with E-state index in [1.807, 2.05) is 6.07 Å². The van der Waals surface area contributed by atoms with Gasteiger partial charge in [-0.2, -0.15) is 0 Å². The first-order chi connectivity index (χ1) is 5.27. The van der Waals surface area contributed by atoms with E-state index < -0.39 is 0 Å². The van der Waals surface area contributed by atoms with Crippen molar-refractivity contribution in [3.8, 4) is 0 Å². The maximum absolute atomic E-state index is 10.4. The van der Waals surface area contributed by atoms with Crippen LogP contribution in [0.3, 0.4) is 0 Å². The molecule has 2 heteroatoms. The fourth-order valence-corrected chi connectivity index (χ4v) is 0.942. The van der Waals surface area contributed by atoms with Crippen LogP contribution in [0.15, 0.2) is 24.8 Å². The second-order valence-corrected chi connectivity index (χ2v) is 2.51. The summed E-state index contributed by atoms with van der Waals surface area (Å²) in [5.74, 6) is 0. The monoisotopic (exact) mass is 166 g/mol. The number of benzene rings is 1. The van der Waals surface area contributed by atoms with Crippen LogP contribution in [0.4, 0.5) is 0 Å². The molecule has 0 amide bonds. The normalized spacial score (nSPS) is 9.18. The number of carbonyl (C=O) groups excluding carboxylic acids is 1. The van der Waals surface area contributed by atoms with Gasteiger partial charge in [0, 0.05) is 5.56 Å². The zero-order valence-corrected chi connectivity index (χ0v) is 6.64. The zero-order valence-electron chi connectivity index (χ0n) is 5.88. The molecular formula is C9H7ClO. The quantitative estimate of drug-likeness (QED) is 0.618. The van der Waals surface area contributed by atoms with E-state index in [9.17, 15) is 4.79 Å². The summed E-state index contributed by atoms with van der Waals surface area (Å²) in [7, 11) is 0. The van der Waals surface area contributed by atoms with Crippen LogP contribution in [0, 0.1) is 0 Å². The van der Waals surface area contributed by atoms with Crippen LogP contribution in [0.25, 0.3) is 6.08 Å². The summed E-state index contributed by atoms with van der Waals surface area (Å²) in [4.78, 5) is 10.4. The molecule has 0 atom stereocenters. The van der Waals surface area contributed by atoms with Crippen molar-refractivity contribution in [3.63, 3.8) is 0 Å². The summed E-state index contributed by atoms with van der Waals surface area (Å²) in [6.07, 6.45) is 2.40. The molecule has 0 aliphatic carbocycles. The van der Waals surface area contributed by atoms with E-state index in [0.717, 1.165) is 11.8 Å². The van der Waals surface area contributed by atoms with E-state index in [1.165, 1.54) is 0 Å². The average molecular weight is 167 g/mol. The van der Waals surface area contributed by atoms with E-state index in [1.54, 1.807) is 18.2 Å². The van der Waals surface area contributed by atoms with Crippen molar-refractivity contribution in [2.45, 2.75) is 0 Å². The Morgan fingerprint density at radius 1 is 1.45 bits per heavy atom. The zero-order chi connectivity index (χ0) is 8.27. The number of hydrogen-bond acceptors (Lipinski definition) is 1. The summed E-state index contributed by atoms with van der Waals surface area (Å²) in [6, 6.07) is 5.19. The molecule has 0 bridgehead atoms. The van der Waals surface area contributed by atoms with Crippen LogP contribution >= 0.6 is 11.6 Å². The molecular weight excluding hydrogens is 160 g/mol. The Balaban J connectivity index is 3.22. The van der Waals surface area contributed by atoms with Crippen molar-refractivity contribution in [2.24, 2.45) is 0 Å². The number of hydrogen-bond donors (Lipinski definition) is 0. The van der Waals surface area contributed by atoms with E-state index >= 15 is 0 Å². The summed E-state index contributed by atoms with van der Waals surface area (Å²) in [6.45, 7) is 3.58. The maximum Gasteiger partial charge on any atom is 0.151 e. The topological polar surface area (TPSA) is 17.1 Å². The minimum absolute atomic E-state index is 0.477. The second-order valence-electron chi connectivity index (χ2n) is 2.10. The van der Waals surface area contributed by atoms with Crippen molar-refractivity contribution >= 4 is 24.0 Å². The molecule has 1 nitrogen and oxygen atoms in total. The third-order valence-electron chi connectivity index (χ3n) is 1.38. The molecule has 0 saturated heterocycles. The Morgan fingerprint density at radius 3 is 2.73 bits per heavy atom. The molecule has 0 radical (unpaired) electrons. The van der Waals surface area contributed by atoms with Gasteiger partial charge >= 0.3 is 0 Å². The van der Waals surface area contributed by atoms with Gasteiger partial charge in [-0.15, -0.1) is 0 Å². The van der Waals surface area contributed by atoms with Gasteiger partial charge in [0.15, 0.2) is 6.29 Å². The average Bonchev–Trinajstić information content (AvgIpc) is 2.05. The van der Waals surface area contributed by atoms with Crippen molar-refractivity contribution in [1.82, 2.24) is 0 Å². The summed E-state index contributed by atoms with van der Waals surface area (Å²) >= 11 is 5.69. The van der Waals surface area contributed by atoms with Gasteiger partial charge in [-0.3, -0.25) is 4.79 Å². The van der Waals surface area contributed by atoms with Crippen LogP contribution in [0.1, 0.15) is 15.9 Å². The van der Waals surface area contributed by atoms with E-state index in [-0.39, 0.29) is 0 Å². The van der Waals surface area contributed by atoms with E-state index in [2.05, 4.69) is 6.58 Å². The van der Waals surface area contributed by atoms with E-state index in [0.29, 0.717) is 10.6 Å². The number of rotatable bonds is 2. The lowest BCUT2D eigenvalue weighted by Crippen LogP contribution is -1.82. The summed E-state index contributed by atoms with van der Waals surface area (Å²) in [5, 5.41) is 0.477. The fourth-order valence-electron chi connectivity index (χ4n) is 0.780. The highest BCUT2D eigenvalue weighted by Gasteiger charge is 1.97. The third kappa shape index (κ3) is 1.69. The van der Waals surface area contributed by atoms with E-state index in [4.69, 9.17) is 11.6 Å². The molecule has 0 unspecified atom stereocenters. The second kappa shape index (κ2) is 3.35. The van der Waals surface area contributed by atoms with Crippen LogP contribution in [0.5, 0.6) is 0 Å². The van der Waals surface area contributed by atoms with Gasteiger partial charge in [0.25, 0.3) is 0 Å². The fraction of sp³-hybridized carbons (Fsp3) is 0. The Hall–Kier alpha value is -1.08. The molecule has 0 spiro atoms.